The topological polar surface area (TPSA) is 135 Å². The first kappa shape index (κ1) is 41.2. The molecule has 4 aromatic heterocycles. The van der Waals surface area contributed by atoms with Crippen LogP contribution in [0.5, 0.6) is 0 Å². The average Bonchev–Trinajstić information content (AvgIpc) is 3.89. The summed E-state index contributed by atoms with van der Waals surface area (Å²) in [4.78, 5) is 54.6. The van der Waals surface area contributed by atoms with Crippen LogP contribution in [0.4, 0.5) is 14.6 Å². The lowest BCUT2D eigenvalue weighted by Crippen LogP contribution is -2.58. The number of nitrogens with zero attached hydrogens (tertiary/aromatic N) is 6. The van der Waals surface area contributed by atoms with Gasteiger partial charge in [-0.25, -0.2) is 13.8 Å². The zero-order valence-corrected chi connectivity index (χ0v) is 35.1. The molecule has 9 rings (SSSR count). The number of alkyl halides is 2. The van der Waals surface area contributed by atoms with Crippen molar-refractivity contribution in [3.63, 3.8) is 0 Å². The Hall–Kier alpha value is -5.15. The summed E-state index contributed by atoms with van der Waals surface area (Å²) >= 11 is 6.47. The molecule has 0 bridgehead atoms. The van der Waals surface area contributed by atoms with Crippen molar-refractivity contribution in [2.24, 2.45) is 12.5 Å². The quantitative estimate of drug-likeness (QED) is 0.145. The maximum Gasteiger partial charge on any atom is 0.266 e. The smallest absolute Gasteiger partial charge is 0.266 e. The highest BCUT2D eigenvalue weighted by molar-refractivity contribution is 6.31. The highest BCUT2D eigenvalue weighted by Gasteiger charge is 2.57. The summed E-state index contributed by atoms with van der Waals surface area (Å²) < 4.78 is 40.1. The number of likely N-dealkylation sites (tertiary alicyclic amines) is 2. The van der Waals surface area contributed by atoms with E-state index < -0.39 is 17.3 Å². The Labute approximate surface area is 358 Å². The van der Waals surface area contributed by atoms with Crippen LogP contribution < -0.4 is 10.6 Å². The van der Waals surface area contributed by atoms with Crippen LogP contribution in [0.3, 0.4) is 0 Å². The molecule has 1 aromatic carbocycles. The van der Waals surface area contributed by atoms with Gasteiger partial charge in [-0.15, -0.1) is 0 Å². The number of anilines is 1. The number of hydrogen-bond donors (Lipinski definition) is 2. The third kappa shape index (κ3) is 8.42. The number of ether oxygens (including phenoxy) is 1. The molecule has 4 aliphatic heterocycles. The summed E-state index contributed by atoms with van der Waals surface area (Å²) in [6, 6.07) is 15.5. The van der Waals surface area contributed by atoms with Crippen molar-refractivity contribution >= 4 is 46.0 Å². The van der Waals surface area contributed by atoms with Gasteiger partial charge in [0, 0.05) is 91.0 Å². The molecule has 15 heteroatoms. The Kier molecular flexibility index (Phi) is 11.2. The zero-order valence-electron chi connectivity index (χ0n) is 34.4. The van der Waals surface area contributed by atoms with Gasteiger partial charge in [0.1, 0.15) is 5.82 Å². The number of pyridine rings is 3. The van der Waals surface area contributed by atoms with E-state index in [0.717, 1.165) is 56.7 Å². The van der Waals surface area contributed by atoms with Crippen LogP contribution in [0, 0.1) is 5.41 Å². The fourth-order valence-electron chi connectivity index (χ4n) is 9.67. The molecule has 2 unspecified atom stereocenters. The molecule has 8 heterocycles. The molecule has 0 saturated carbocycles. The Balaban J connectivity index is 0.858. The maximum absolute atomic E-state index is 16.2. The van der Waals surface area contributed by atoms with E-state index in [1.165, 1.54) is 6.92 Å². The first-order valence-corrected chi connectivity index (χ1v) is 21.4. The summed E-state index contributed by atoms with van der Waals surface area (Å²) in [5.41, 5.74) is 6.74. The third-order valence-electron chi connectivity index (χ3n) is 13.2. The Morgan fingerprint density at radius 1 is 0.951 bits per heavy atom. The lowest BCUT2D eigenvalue weighted by molar-refractivity contribution is -0.189. The molecule has 61 heavy (non-hydrogen) atoms. The number of nitrogens with one attached hydrogen (secondary N) is 2. The van der Waals surface area contributed by atoms with E-state index in [-0.39, 0.29) is 36.6 Å². The molecule has 0 aliphatic carbocycles. The Bertz CT molecular complexity index is 2500. The molecule has 1 spiro atoms. The summed E-state index contributed by atoms with van der Waals surface area (Å²) in [6.07, 6.45) is 8.42. The Morgan fingerprint density at radius 2 is 1.72 bits per heavy atom. The van der Waals surface area contributed by atoms with Crippen LogP contribution >= 0.6 is 11.6 Å². The van der Waals surface area contributed by atoms with Crippen LogP contribution in [0.1, 0.15) is 79.7 Å². The van der Waals surface area contributed by atoms with E-state index in [2.05, 4.69) is 38.7 Å². The number of piperidine rings is 3. The molecule has 3 amide bonds. The second kappa shape index (κ2) is 16.6. The largest absolute Gasteiger partial charge is 0.381 e. The van der Waals surface area contributed by atoms with E-state index >= 15 is 8.78 Å². The molecule has 2 N–H and O–H groups in total. The minimum Gasteiger partial charge on any atom is -0.381 e. The van der Waals surface area contributed by atoms with Crippen LogP contribution in [-0.2, 0) is 39.3 Å². The number of aromatic nitrogens is 4. The number of benzene rings is 1. The van der Waals surface area contributed by atoms with E-state index in [1.807, 2.05) is 53.2 Å². The number of halogens is 3. The van der Waals surface area contributed by atoms with Crippen LogP contribution in [-0.4, -0.2) is 92.4 Å². The van der Waals surface area contributed by atoms with Crippen molar-refractivity contribution in [2.75, 3.05) is 44.7 Å². The third-order valence-corrected chi connectivity index (χ3v) is 13.5. The second-order valence-electron chi connectivity index (χ2n) is 17.3. The number of rotatable bonds is 9. The van der Waals surface area contributed by atoms with Gasteiger partial charge in [-0.1, -0.05) is 29.8 Å². The van der Waals surface area contributed by atoms with Gasteiger partial charge in [-0.05, 0) is 98.8 Å². The highest BCUT2D eigenvalue weighted by atomic mass is 35.5. The van der Waals surface area contributed by atoms with Gasteiger partial charge in [-0.3, -0.25) is 39.5 Å². The van der Waals surface area contributed by atoms with Gasteiger partial charge in [0.2, 0.25) is 17.7 Å². The van der Waals surface area contributed by atoms with Gasteiger partial charge >= 0.3 is 0 Å². The SMILES string of the molecule is CC(=O)Nc1cc2c(-c3cc(-c4ccc(CN5CCC6(CC5)CCN(Cc5ccc(Cl)c(C7CCC(=O)NC7=O)c5)CC6(F)F)cn4)cc(C4CCOC4)n3)cn(C)c2cn1. The summed E-state index contributed by atoms with van der Waals surface area (Å²) in [6.45, 7) is 5.10. The number of hydrogen-bond acceptors (Lipinski definition) is 9. The van der Waals surface area contributed by atoms with Crippen LogP contribution in [0.25, 0.3) is 33.4 Å². The van der Waals surface area contributed by atoms with Crippen molar-refractivity contribution in [1.82, 2.24) is 34.6 Å². The van der Waals surface area contributed by atoms with Crippen LogP contribution in [0.2, 0.25) is 5.02 Å². The number of aryl methyl sites for hydroxylation is 1. The van der Waals surface area contributed by atoms with Crippen molar-refractivity contribution < 1.29 is 27.9 Å². The van der Waals surface area contributed by atoms with Gasteiger partial charge in [0.25, 0.3) is 5.92 Å². The van der Waals surface area contributed by atoms with Crippen molar-refractivity contribution in [1.29, 1.82) is 0 Å². The summed E-state index contributed by atoms with van der Waals surface area (Å²) in [5, 5.41) is 6.53. The van der Waals surface area contributed by atoms with E-state index in [0.29, 0.717) is 88.0 Å². The van der Waals surface area contributed by atoms with E-state index in [9.17, 15) is 14.4 Å². The predicted molar refractivity (Wildman–Crippen MR) is 228 cm³/mol. The molecule has 5 aromatic rings. The van der Waals surface area contributed by atoms with Gasteiger partial charge in [0.05, 0.1) is 42.2 Å². The van der Waals surface area contributed by atoms with Gasteiger partial charge in [0.15, 0.2) is 0 Å². The molecular weight excluding hydrogens is 802 g/mol. The highest BCUT2D eigenvalue weighted by Crippen LogP contribution is 2.51. The molecule has 4 saturated heterocycles. The lowest BCUT2D eigenvalue weighted by atomic mass is 9.68. The first-order chi connectivity index (χ1) is 29.3. The molecule has 0 radical (unpaired) electrons. The summed E-state index contributed by atoms with van der Waals surface area (Å²) in [5.74, 6) is -3.62. The normalized spacial score (nSPS) is 21.9. The van der Waals surface area contributed by atoms with Crippen molar-refractivity contribution in [3.05, 3.63) is 94.5 Å². The van der Waals surface area contributed by atoms with E-state index in [4.69, 9.17) is 26.3 Å². The minimum absolute atomic E-state index is 0.162. The fraction of sp³-hybridized carbons (Fsp3) is 0.435. The van der Waals surface area contributed by atoms with E-state index in [1.54, 1.807) is 12.3 Å². The predicted octanol–water partition coefficient (Wildman–Crippen LogP) is 7.46. The summed E-state index contributed by atoms with van der Waals surface area (Å²) in [7, 11) is 1.96. The molecule has 318 valence electrons. The second-order valence-corrected chi connectivity index (χ2v) is 17.7. The number of carbonyl (C=O) groups excluding carboxylic acids is 3. The van der Waals surface area contributed by atoms with Crippen molar-refractivity contribution in [3.8, 4) is 22.5 Å². The monoisotopic (exact) mass is 850 g/mol. The number of amides is 3. The fourth-order valence-corrected chi connectivity index (χ4v) is 9.92. The molecular formula is C46H49ClF2N8O4. The molecule has 2 atom stereocenters. The minimum atomic E-state index is -2.86. The maximum atomic E-state index is 16.2. The van der Waals surface area contributed by atoms with Crippen LogP contribution in [0.15, 0.2) is 67.1 Å². The Morgan fingerprint density at radius 3 is 2.44 bits per heavy atom. The molecule has 4 aliphatic rings. The number of imide groups is 1. The average molecular weight is 851 g/mol. The first-order valence-electron chi connectivity index (χ1n) is 21.1. The standard InChI is InChI=1S/C46H49ClF2N8O4/c1-28(58)52-42-20-35-36(25-55(2)41(35)22-51-42)40-19-32(18-39(53-40)31-9-16-61-26-31)38-7-4-30(21-50-38)24-56-13-10-45(11-14-56)12-15-57(27-46(45,48)49)23-29-3-6-37(47)34(17-29)33-5-8-43(59)54-44(33)60/h3-4,6-7,17-22,25,31,33H,5,8-16,23-24,26-27H2,1-2H3,(H,51,52,58)(H,54,59,60). The van der Waals surface area contributed by atoms with Gasteiger partial charge < -0.3 is 14.6 Å². The lowest BCUT2D eigenvalue weighted by Gasteiger charge is -2.51. The zero-order chi connectivity index (χ0) is 42.5. The van der Waals surface area contributed by atoms with Gasteiger partial charge in [-0.2, -0.15) is 0 Å². The molecule has 4 fully saturated rings. The number of fused-ring (bicyclic) bond motifs is 1. The molecule has 12 nitrogen and oxygen atoms in total. The number of carbonyl (C=O) groups is 3. The van der Waals surface area contributed by atoms with Crippen molar-refractivity contribution in [2.45, 2.75) is 76.3 Å².